The van der Waals surface area contributed by atoms with Crippen molar-refractivity contribution in [3.8, 4) is 11.4 Å². The molecule has 2 aromatic rings. The molecule has 1 fully saturated rings. The van der Waals surface area contributed by atoms with Crippen LogP contribution in [0.3, 0.4) is 0 Å². The Balaban J connectivity index is 1.45. The van der Waals surface area contributed by atoms with Crippen molar-refractivity contribution >= 4 is 11.8 Å². The summed E-state index contributed by atoms with van der Waals surface area (Å²) in [5, 5.41) is 4.06. The zero-order chi connectivity index (χ0) is 22.4. The number of aryl methyl sites for hydroxylation is 1. The van der Waals surface area contributed by atoms with Crippen molar-refractivity contribution < 1.29 is 14.1 Å². The summed E-state index contributed by atoms with van der Waals surface area (Å²) in [7, 11) is 0. The van der Waals surface area contributed by atoms with Crippen LogP contribution in [-0.4, -0.2) is 57.9 Å². The number of hydrogen-bond donors (Lipinski definition) is 0. The summed E-state index contributed by atoms with van der Waals surface area (Å²) >= 11 is 0. The van der Waals surface area contributed by atoms with Crippen molar-refractivity contribution in [1.82, 2.24) is 19.9 Å². The Kier molecular flexibility index (Phi) is 7.82. The number of rotatable bonds is 8. The van der Waals surface area contributed by atoms with Crippen LogP contribution in [0.4, 0.5) is 0 Å². The third-order valence-electron chi connectivity index (χ3n) is 5.78. The summed E-state index contributed by atoms with van der Waals surface area (Å²) in [6, 6.07) is 8.15. The molecule has 0 radical (unpaired) electrons. The highest BCUT2D eigenvalue weighted by Gasteiger charge is 2.24. The molecule has 7 nitrogen and oxygen atoms in total. The lowest BCUT2D eigenvalue weighted by molar-refractivity contribution is -0.139. The monoisotopic (exact) mass is 426 g/mol. The Labute approximate surface area is 184 Å². The van der Waals surface area contributed by atoms with Gasteiger partial charge in [-0.2, -0.15) is 4.98 Å². The van der Waals surface area contributed by atoms with Crippen LogP contribution in [0.2, 0.25) is 0 Å². The summed E-state index contributed by atoms with van der Waals surface area (Å²) in [4.78, 5) is 33.0. The van der Waals surface area contributed by atoms with E-state index in [9.17, 15) is 9.59 Å². The van der Waals surface area contributed by atoms with Gasteiger partial charge in [-0.25, -0.2) is 0 Å². The summed E-state index contributed by atoms with van der Waals surface area (Å²) in [5.74, 6) is 2.28. The summed E-state index contributed by atoms with van der Waals surface area (Å²) < 4.78 is 5.34. The zero-order valence-corrected chi connectivity index (χ0v) is 19.1. The summed E-state index contributed by atoms with van der Waals surface area (Å²) in [5.41, 5.74) is 2.17. The molecule has 1 saturated heterocycles. The smallest absolute Gasteiger partial charge is 0.227 e. The molecule has 1 aromatic heterocycles. The van der Waals surface area contributed by atoms with Crippen molar-refractivity contribution in [2.45, 2.75) is 59.3 Å². The average Bonchev–Trinajstić information content (AvgIpc) is 3.25. The van der Waals surface area contributed by atoms with E-state index < -0.39 is 0 Å². The third kappa shape index (κ3) is 6.39. The van der Waals surface area contributed by atoms with E-state index in [1.165, 1.54) is 5.56 Å². The number of piperazine rings is 1. The lowest BCUT2D eigenvalue weighted by atomic mass is 10.0. The molecule has 0 bridgehead atoms. The van der Waals surface area contributed by atoms with Crippen LogP contribution in [0, 0.1) is 5.92 Å². The molecule has 1 aromatic carbocycles. The SMILES string of the molecule is CC(C)CCC(=O)N1CCN(C(=O)CCc2nc(-c3ccc(C(C)C)cc3)no2)CC1. The highest BCUT2D eigenvalue weighted by atomic mass is 16.5. The zero-order valence-electron chi connectivity index (χ0n) is 19.1. The number of amides is 2. The van der Waals surface area contributed by atoms with Gasteiger partial charge in [-0.05, 0) is 23.8 Å². The minimum absolute atomic E-state index is 0.0651. The number of aromatic nitrogens is 2. The van der Waals surface area contributed by atoms with Gasteiger partial charge in [0, 0.05) is 51.0 Å². The molecule has 7 heteroatoms. The standard InChI is InChI=1S/C24H34N4O3/c1-17(2)5-11-22(29)27-13-15-28(16-14-27)23(30)12-10-21-25-24(26-31-21)20-8-6-19(7-9-20)18(3)4/h6-9,17-18H,5,10-16H2,1-4H3. The first-order valence-electron chi connectivity index (χ1n) is 11.3. The van der Waals surface area contributed by atoms with Gasteiger partial charge in [0.15, 0.2) is 0 Å². The Hall–Kier alpha value is -2.70. The first kappa shape index (κ1) is 23.0. The lowest BCUT2D eigenvalue weighted by Gasteiger charge is -2.35. The van der Waals surface area contributed by atoms with Gasteiger partial charge in [-0.1, -0.05) is 57.1 Å². The Morgan fingerprint density at radius 3 is 2.06 bits per heavy atom. The molecule has 0 unspecified atom stereocenters. The molecule has 0 aliphatic carbocycles. The van der Waals surface area contributed by atoms with Gasteiger partial charge in [0.25, 0.3) is 0 Å². The molecule has 0 spiro atoms. The predicted octanol–water partition coefficient (Wildman–Crippen LogP) is 3.90. The molecule has 1 aliphatic heterocycles. The molecule has 2 amide bonds. The molecule has 3 rings (SSSR count). The van der Waals surface area contributed by atoms with Crippen LogP contribution in [-0.2, 0) is 16.0 Å². The van der Waals surface area contributed by atoms with Crippen LogP contribution in [0.5, 0.6) is 0 Å². The molecule has 0 saturated carbocycles. The van der Waals surface area contributed by atoms with E-state index in [1.807, 2.05) is 21.9 Å². The minimum atomic E-state index is 0.0651. The highest BCUT2D eigenvalue weighted by molar-refractivity contribution is 5.78. The van der Waals surface area contributed by atoms with E-state index in [0.717, 1.165) is 12.0 Å². The molecule has 0 N–H and O–H groups in total. The van der Waals surface area contributed by atoms with Gasteiger partial charge in [-0.3, -0.25) is 9.59 Å². The molecular weight excluding hydrogens is 392 g/mol. The minimum Gasteiger partial charge on any atom is -0.339 e. The fourth-order valence-electron chi connectivity index (χ4n) is 3.64. The van der Waals surface area contributed by atoms with E-state index in [1.54, 1.807) is 0 Å². The topological polar surface area (TPSA) is 79.5 Å². The molecule has 0 atom stereocenters. The van der Waals surface area contributed by atoms with E-state index in [-0.39, 0.29) is 11.8 Å². The third-order valence-corrected chi connectivity index (χ3v) is 5.78. The molecule has 2 heterocycles. The molecule has 168 valence electrons. The maximum absolute atomic E-state index is 12.6. The number of carbonyl (C=O) groups is 2. The summed E-state index contributed by atoms with van der Waals surface area (Å²) in [6.45, 7) is 11.0. The normalized spacial score (nSPS) is 14.5. The fraction of sp³-hybridized carbons (Fsp3) is 0.583. The fourth-order valence-corrected chi connectivity index (χ4v) is 3.64. The maximum atomic E-state index is 12.6. The van der Waals surface area contributed by atoms with E-state index in [4.69, 9.17) is 4.52 Å². The number of benzene rings is 1. The molecule has 1 aliphatic rings. The lowest BCUT2D eigenvalue weighted by Crippen LogP contribution is -2.50. The van der Waals surface area contributed by atoms with Crippen LogP contribution < -0.4 is 0 Å². The highest BCUT2D eigenvalue weighted by Crippen LogP contribution is 2.21. The average molecular weight is 427 g/mol. The number of hydrogen-bond acceptors (Lipinski definition) is 5. The van der Waals surface area contributed by atoms with Crippen LogP contribution in [0.15, 0.2) is 28.8 Å². The van der Waals surface area contributed by atoms with Gasteiger partial charge in [0.1, 0.15) is 0 Å². The largest absolute Gasteiger partial charge is 0.339 e. The van der Waals surface area contributed by atoms with Gasteiger partial charge < -0.3 is 14.3 Å². The van der Waals surface area contributed by atoms with Crippen LogP contribution in [0.1, 0.15) is 64.3 Å². The van der Waals surface area contributed by atoms with Crippen molar-refractivity contribution in [3.05, 3.63) is 35.7 Å². The Morgan fingerprint density at radius 1 is 0.935 bits per heavy atom. The number of carbonyl (C=O) groups excluding carboxylic acids is 2. The Morgan fingerprint density at radius 2 is 1.52 bits per heavy atom. The first-order chi connectivity index (χ1) is 14.8. The Bertz CT molecular complexity index is 865. The van der Waals surface area contributed by atoms with Gasteiger partial charge >= 0.3 is 0 Å². The van der Waals surface area contributed by atoms with Gasteiger partial charge in [0.2, 0.25) is 23.5 Å². The van der Waals surface area contributed by atoms with Crippen molar-refractivity contribution in [2.24, 2.45) is 5.92 Å². The second-order valence-corrected chi connectivity index (χ2v) is 8.98. The second-order valence-electron chi connectivity index (χ2n) is 8.98. The molecular formula is C24H34N4O3. The van der Waals surface area contributed by atoms with E-state index in [0.29, 0.717) is 69.0 Å². The van der Waals surface area contributed by atoms with Crippen molar-refractivity contribution in [1.29, 1.82) is 0 Å². The van der Waals surface area contributed by atoms with Crippen LogP contribution in [0.25, 0.3) is 11.4 Å². The van der Waals surface area contributed by atoms with Crippen molar-refractivity contribution in [3.63, 3.8) is 0 Å². The van der Waals surface area contributed by atoms with Gasteiger partial charge in [0.05, 0.1) is 0 Å². The predicted molar refractivity (Wildman–Crippen MR) is 119 cm³/mol. The summed E-state index contributed by atoms with van der Waals surface area (Å²) in [6.07, 6.45) is 2.25. The second kappa shape index (κ2) is 10.6. The van der Waals surface area contributed by atoms with E-state index in [2.05, 4.69) is 50.0 Å². The van der Waals surface area contributed by atoms with E-state index >= 15 is 0 Å². The van der Waals surface area contributed by atoms with Crippen LogP contribution >= 0.6 is 0 Å². The van der Waals surface area contributed by atoms with Crippen molar-refractivity contribution in [2.75, 3.05) is 26.2 Å². The number of nitrogens with zero attached hydrogens (tertiary/aromatic N) is 4. The maximum Gasteiger partial charge on any atom is 0.227 e. The molecule has 31 heavy (non-hydrogen) atoms. The first-order valence-corrected chi connectivity index (χ1v) is 11.3. The quantitative estimate of drug-likeness (QED) is 0.640. The van der Waals surface area contributed by atoms with Gasteiger partial charge in [-0.15, -0.1) is 0 Å².